The van der Waals surface area contributed by atoms with Crippen molar-refractivity contribution < 1.29 is 24.9 Å². The molecule has 1 aromatic rings. The Bertz CT molecular complexity index is 903. The van der Waals surface area contributed by atoms with Gasteiger partial charge in [0.25, 0.3) is 0 Å². The zero-order chi connectivity index (χ0) is 22.0. The van der Waals surface area contributed by atoms with Crippen molar-refractivity contribution in [1.29, 1.82) is 0 Å². The first-order valence-corrected chi connectivity index (χ1v) is 9.82. The quantitative estimate of drug-likeness (QED) is 0.0926. The van der Waals surface area contributed by atoms with E-state index in [1.807, 2.05) is 0 Å². The highest BCUT2D eigenvalue weighted by Crippen LogP contribution is 2.47. The highest BCUT2D eigenvalue weighted by Gasteiger charge is 2.56. The van der Waals surface area contributed by atoms with E-state index in [2.05, 4.69) is 10.4 Å². The number of aliphatic hydroxyl groups is 2. The van der Waals surface area contributed by atoms with Gasteiger partial charge in [0.1, 0.15) is 12.0 Å². The number of carboxylic acids is 1. The lowest BCUT2D eigenvalue weighted by Gasteiger charge is -2.44. The molecule has 3 atom stereocenters. The van der Waals surface area contributed by atoms with Crippen LogP contribution >= 0.6 is 11.6 Å². The normalized spacial score (nSPS) is 21.6. The molecule has 0 bridgehead atoms. The minimum Gasteiger partial charge on any atom is -0.477 e. The molecule has 2 heterocycles. The molecule has 0 aliphatic carbocycles. The summed E-state index contributed by atoms with van der Waals surface area (Å²) in [4.78, 5) is 29.6. The average molecular weight is 438 g/mol. The molecular weight excluding hydrogens is 414 g/mol. The van der Waals surface area contributed by atoms with Crippen LogP contribution in [0.2, 0.25) is 5.02 Å². The van der Waals surface area contributed by atoms with Crippen molar-refractivity contribution >= 4 is 41.1 Å². The summed E-state index contributed by atoms with van der Waals surface area (Å²) in [5.74, 6) is 3.74. The van der Waals surface area contributed by atoms with Gasteiger partial charge in [-0.25, -0.2) is 15.8 Å². The topological polar surface area (TPSA) is 152 Å². The van der Waals surface area contributed by atoms with E-state index in [0.29, 0.717) is 41.2 Å². The van der Waals surface area contributed by atoms with Crippen molar-refractivity contribution in [2.75, 3.05) is 18.3 Å². The predicted molar refractivity (Wildman–Crippen MR) is 111 cm³/mol. The van der Waals surface area contributed by atoms with Crippen molar-refractivity contribution in [1.82, 2.24) is 10.3 Å². The number of β-lactam (4-membered cyclic amide) rings is 1. The van der Waals surface area contributed by atoms with Crippen molar-refractivity contribution in [3.63, 3.8) is 0 Å². The molecule has 1 amide bonds. The van der Waals surface area contributed by atoms with Gasteiger partial charge in [-0.05, 0) is 49.1 Å². The summed E-state index contributed by atoms with van der Waals surface area (Å²) < 4.78 is 0. The fourth-order valence-corrected chi connectivity index (χ4v) is 4.05. The van der Waals surface area contributed by atoms with Crippen LogP contribution < -0.4 is 16.4 Å². The second-order valence-corrected chi connectivity index (χ2v) is 7.62. The van der Waals surface area contributed by atoms with E-state index in [4.69, 9.17) is 22.6 Å². The molecule has 162 valence electrons. The Labute approximate surface area is 178 Å². The van der Waals surface area contributed by atoms with Gasteiger partial charge in [-0.15, -0.1) is 0 Å². The van der Waals surface area contributed by atoms with Gasteiger partial charge in [-0.2, -0.15) is 0 Å². The third kappa shape index (κ3) is 4.12. The Balaban J connectivity index is 1.88. The number of fused-ring (bicyclic) bond motifs is 1. The summed E-state index contributed by atoms with van der Waals surface area (Å²) in [6, 6.07) is 4.47. The van der Waals surface area contributed by atoms with Crippen LogP contribution in [0.5, 0.6) is 0 Å². The molecular formula is C19H24ClN5O5. The fraction of sp³-hybridized carbons (Fsp3) is 0.421. The number of anilines is 1. The Morgan fingerprint density at radius 2 is 2.23 bits per heavy atom. The maximum atomic E-state index is 12.4. The number of hydrogen-bond donors (Lipinski definition) is 5. The number of amides is 1. The van der Waals surface area contributed by atoms with Crippen molar-refractivity contribution in [3.8, 4) is 0 Å². The molecule has 0 spiro atoms. The Morgan fingerprint density at radius 1 is 1.50 bits per heavy atom. The number of carbonyl (C=O) groups is 2. The van der Waals surface area contributed by atoms with Gasteiger partial charge >= 0.3 is 5.97 Å². The van der Waals surface area contributed by atoms with Crippen LogP contribution in [0.25, 0.3) is 5.57 Å². The minimum absolute atomic E-state index is 0.0405. The summed E-state index contributed by atoms with van der Waals surface area (Å²) in [7, 11) is 0. The molecule has 0 saturated carbocycles. The monoisotopic (exact) mass is 437 g/mol. The van der Waals surface area contributed by atoms with Gasteiger partial charge < -0.3 is 20.2 Å². The molecule has 0 radical (unpaired) electrons. The van der Waals surface area contributed by atoms with Crippen LogP contribution in [0.15, 0.2) is 28.9 Å². The summed E-state index contributed by atoms with van der Waals surface area (Å²) in [6.45, 7) is 2.00. The van der Waals surface area contributed by atoms with Crippen LogP contribution in [-0.4, -0.2) is 63.7 Å². The smallest absolute Gasteiger partial charge is 0.352 e. The average Bonchev–Trinajstić information content (AvgIpc) is 3.02. The van der Waals surface area contributed by atoms with Gasteiger partial charge in [0.15, 0.2) is 0 Å². The molecule has 2 aliphatic rings. The first-order valence-electron chi connectivity index (χ1n) is 9.45. The molecule has 3 rings (SSSR count). The number of hydrazine groups is 2. The zero-order valence-electron chi connectivity index (χ0n) is 16.3. The number of aliphatic imine (C=N–C) groups is 1. The van der Waals surface area contributed by atoms with E-state index in [1.165, 1.54) is 23.3 Å². The zero-order valence-corrected chi connectivity index (χ0v) is 17.1. The number of carbonyl (C=O) groups excluding carboxylic acids is 1. The van der Waals surface area contributed by atoms with Gasteiger partial charge in [0.2, 0.25) is 5.91 Å². The van der Waals surface area contributed by atoms with E-state index in [1.54, 1.807) is 18.2 Å². The van der Waals surface area contributed by atoms with E-state index in [-0.39, 0.29) is 12.3 Å². The highest BCUT2D eigenvalue weighted by atomic mass is 35.5. The molecule has 1 aromatic carbocycles. The van der Waals surface area contributed by atoms with Gasteiger partial charge in [0, 0.05) is 18.2 Å². The molecule has 1 saturated heterocycles. The van der Waals surface area contributed by atoms with Crippen LogP contribution in [0, 0.1) is 5.92 Å². The molecule has 2 aliphatic heterocycles. The van der Waals surface area contributed by atoms with Gasteiger partial charge in [0.05, 0.1) is 23.8 Å². The maximum absolute atomic E-state index is 12.4. The van der Waals surface area contributed by atoms with Crippen LogP contribution in [-0.2, 0) is 9.59 Å². The number of nitrogens with one attached hydrogen (secondary N) is 1. The van der Waals surface area contributed by atoms with Crippen LogP contribution in [0.4, 0.5) is 5.69 Å². The second-order valence-electron chi connectivity index (χ2n) is 7.19. The molecule has 11 heteroatoms. The number of hydrogen-bond acceptors (Lipinski definition) is 7. The Kier molecular flexibility index (Phi) is 6.61. The van der Waals surface area contributed by atoms with E-state index < -0.39 is 29.9 Å². The predicted octanol–water partition coefficient (Wildman–Crippen LogP) is 0.343. The first kappa shape index (κ1) is 22.0. The summed E-state index contributed by atoms with van der Waals surface area (Å²) in [5, 5.41) is 29.9. The Morgan fingerprint density at radius 3 is 2.87 bits per heavy atom. The lowest BCUT2D eigenvalue weighted by molar-refractivity contribution is -0.161. The molecule has 2 unspecified atom stereocenters. The van der Waals surface area contributed by atoms with Crippen LogP contribution in [0.1, 0.15) is 25.3 Å². The second kappa shape index (κ2) is 9.00. The summed E-state index contributed by atoms with van der Waals surface area (Å²) in [5.41, 5.74) is 4.08. The number of aliphatic hydroxyl groups excluding tert-OH is 2. The highest BCUT2D eigenvalue weighted by molar-refractivity contribution is 6.31. The van der Waals surface area contributed by atoms with Crippen LogP contribution in [0.3, 0.4) is 0 Å². The number of carboxylic acid groups (broad SMARTS) is 1. The lowest BCUT2D eigenvalue weighted by atomic mass is 9.82. The number of halogens is 1. The fourth-order valence-electron chi connectivity index (χ4n) is 3.82. The number of nitrogens with two attached hydrogens (primary N) is 1. The number of aliphatic carboxylic acids is 1. The minimum atomic E-state index is -1.22. The molecule has 0 aromatic heterocycles. The molecule has 6 N–H and O–H groups in total. The SMILES string of the molecule is C[C@@H](O)C1C(=O)N2C(C(=O)O)=C(c3cc(Cl)cc(N(N)NC=NCCCO)c3)CC12. The molecule has 1 fully saturated rings. The molecule has 10 nitrogen and oxygen atoms in total. The largest absolute Gasteiger partial charge is 0.477 e. The first-order chi connectivity index (χ1) is 14.3. The van der Waals surface area contributed by atoms with Crippen molar-refractivity contribution in [3.05, 3.63) is 34.5 Å². The number of benzene rings is 1. The molecule has 30 heavy (non-hydrogen) atoms. The van der Waals surface area contributed by atoms with Gasteiger partial charge in [-0.1, -0.05) is 11.6 Å². The maximum Gasteiger partial charge on any atom is 0.352 e. The van der Waals surface area contributed by atoms with E-state index >= 15 is 0 Å². The lowest BCUT2D eigenvalue weighted by Crippen LogP contribution is -2.61. The summed E-state index contributed by atoms with van der Waals surface area (Å²) >= 11 is 6.24. The number of rotatable bonds is 9. The van der Waals surface area contributed by atoms with E-state index in [0.717, 1.165) is 0 Å². The van der Waals surface area contributed by atoms with Gasteiger partial charge in [-0.3, -0.25) is 15.2 Å². The standard InChI is InChI=1S/C19H24ClN5O5/c1-10(27)16-15-8-14(17(19(29)30)24(15)18(16)28)11-5-12(20)7-13(6-11)25(21)23-9-22-3-2-4-26/h5-7,9-10,15-16,26-27H,2-4,8,21H2,1H3,(H,22,23)(H,29,30)/t10-,15?,16?/m1/s1. The number of nitrogens with zero attached hydrogens (tertiary/aromatic N) is 3. The van der Waals surface area contributed by atoms with Crippen molar-refractivity contribution in [2.45, 2.75) is 31.9 Å². The summed E-state index contributed by atoms with van der Waals surface area (Å²) in [6.07, 6.45) is 1.34. The van der Waals surface area contributed by atoms with E-state index in [9.17, 15) is 19.8 Å². The third-order valence-corrected chi connectivity index (χ3v) is 5.39. The third-order valence-electron chi connectivity index (χ3n) is 5.17. The Hall–Kier alpha value is -2.66. The van der Waals surface area contributed by atoms with Crippen molar-refractivity contribution in [2.24, 2.45) is 16.8 Å².